The van der Waals surface area contributed by atoms with Crippen molar-refractivity contribution in [3.05, 3.63) is 206 Å². The number of furan rings is 1. The molecule has 0 atom stereocenters. The van der Waals surface area contributed by atoms with Crippen LogP contribution in [0.1, 0.15) is 5.48 Å². The molecule has 7 heteroatoms. The molecule has 5 heterocycles. The van der Waals surface area contributed by atoms with Gasteiger partial charge in [-0.2, -0.15) is 15.0 Å². The van der Waals surface area contributed by atoms with Crippen molar-refractivity contribution in [2.45, 2.75) is 0 Å². The molecule has 14 rings (SSSR count). The van der Waals surface area contributed by atoms with Gasteiger partial charge in [0, 0.05) is 43.1 Å². The van der Waals surface area contributed by atoms with Gasteiger partial charge in [0.25, 0.3) is 0 Å². The highest BCUT2D eigenvalue weighted by Crippen LogP contribution is 2.45. The normalized spacial score (nSPS) is 12.9. The molecule has 0 aliphatic rings. The van der Waals surface area contributed by atoms with E-state index >= 15 is 0 Å². The van der Waals surface area contributed by atoms with Crippen molar-refractivity contribution in [2.75, 3.05) is 0 Å². The number of hydrogen-bond acceptors (Lipinski definition) is 4. The molecule has 5 aromatic heterocycles. The first kappa shape index (κ1) is 31.1. The zero-order valence-electron chi connectivity index (χ0n) is 37.9. The third-order valence-corrected chi connectivity index (χ3v) is 12.7. The van der Waals surface area contributed by atoms with E-state index in [-0.39, 0.29) is 35.6 Å². The molecular weight excluding hydrogens is 785 g/mol. The fraction of sp³-hybridized carbons (Fsp3) is 0. The number of fused-ring (bicyclic) bond motifs is 12. The Morgan fingerprint density at radius 1 is 0.359 bits per heavy atom. The Kier molecular flexibility index (Phi) is 6.48. The lowest BCUT2D eigenvalue weighted by atomic mass is 9.93. The summed E-state index contributed by atoms with van der Waals surface area (Å²) in [6.45, 7) is 0. The molecule has 0 amide bonds. The summed E-state index contributed by atoms with van der Waals surface area (Å²) in [6, 6.07) is 60.4. The second-order valence-corrected chi connectivity index (χ2v) is 16.1. The topological polar surface area (TPSA) is 66.6 Å². The van der Waals surface area contributed by atoms with Gasteiger partial charge in [-0.15, -0.1) is 0 Å². The second kappa shape index (κ2) is 13.3. The van der Waals surface area contributed by atoms with E-state index in [2.05, 4.69) is 112 Å². The van der Waals surface area contributed by atoms with E-state index in [1.54, 1.807) is 4.57 Å². The molecule has 0 aliphatic heterocycles. The van der Waals surface area contributed by atoms with Crippen molar-refractivity contribution >= 4 is 87.4 Å². The van der Waals surface area contributed by atoms with Crippen molar-refractivity contribution in [1.29, 1.82) is 0 Å². The van der Waals surface area contributed by atoms with Crippen LogP contribution in [0.2, 0.25) is 0 Å². The molecule has 9 aromatic carbocycles. The molecule has 14 aromatic rings. The van der Waals surface area contributed by atoms with Crippen LogP contribution in [0.3, 0.4) is 0 Å². The first-order valence-electron chi connectivity index (χ1n) is 23.2. The van der Waals surface area contributed by atoms with Crippen LogP contribution >= 0.6 is 0 Å². The third kappa shape index (κ3) is 4.89. The fourth-order valence-electron chi connectivity index (χ4n) is 10.0. The van der Waals surface area contributed by atoms with Crippen LogP contribution in [0.25, 0.3) is 127 Å². The fourth-order valence-corrected chi connectivity index (χ4v) is 10.0. The SMILES string of the molecule is [2H]c1c([2H])c([2H])c2c(c1[2H])c1ccccc1n2-c1nc(-c2c(-c3cccc4oc5ccccc5c34)cccc2-n2c3ccccc3c3ccccc32)nc(-n2c3ccccc3c3ccccc32)n1. The zero-order chi connectivity index (χ0) is 45.4. The molecule has 0 fully saturated rings. The summed E-state index contributed by atoms with van der Waals surface area (Å²) in [7, 11) is 0. The maximum Gasteiger partial charge on any atom is 0.240 e. The molecule has 0 aliphatic carbocycles. The van der Waals surface area contributed by atoms with Crippen molar-refractivity contribution < 1.29 is 9.90 Å². The van der Waals surface area contributed by atoms with Crippen molar-refractivity contribution in [3.63, 3.8) is 0 Å². The second-order valence-electron chi connectivity index (χ2n) is 16.1. The van der Waals surface area contributed by atoms with Crippen LogP contribution in [0.5, 0.6) is 0 Å². The van der Waals surface area contributed by atoms with Gasteiger partial charge in [0.05, 0.1) is 49.8 Å². The number of rotatable bonds is 5. The molecule has 0 unspecified atom stereocenters. The summed E-state index contributed by atoms with van der Waals surface area (Å²) in [5.74, 6) is 0.887. The van der Waals surface area contributed by atoms with Gasteiger partial charge in [-0.1, -0.05) is 152 Å². The van der Waals surface area contributed by atoms with Crippen LogP contribution in [0, 0.1) is 0 Å². The highest BCUT2D eigenvalue weighted by molar-refractivity contribution is 6.15. The smallest absolute Gasteiger partial charge is 0.240 e. The van der Waals surface area contributed by atoms with Crippen LogP contribution < -0.4 is 0 Å². The predicted molar refractivity (Wildman–Crippen MR) is 261 cm³/mol. The quantitative estimate of drug-likeness (QED) is 0.173. The summed E-state index contributed by atoms with van der Waals surface area (Å²) < 4.78 is 48.9. The van der Waals surface area contributed by atoms with E-state index in [9.17, 15) is 2.74 Å². The van der Waals surface area contributed by atoms with Crippen LogP contribution in [-0.4, -0.2) is 28.7 Å². The van der Waals surface area contributed by atoms with E-state index in [0.717, 1.165) is 87.9 Å². The maximum absolute atomic E-state index is 9.43. The van der Waals surface area contributed by atoms with Crippen LogP contribution in [0.15, 0.2) is 211 Å². The summed E-state index contributed by atoms with van der Waals surface area (Å²) in [4.78, 5) is 16.5. The minimum absolute atomic E-state index is 0.132. The third-order valence-electron chi connectivity index (χ3n) is 12.7. The highest BCUT2D eigenvalue weighted by atomic mass is 16.3. The molecular formula is C57H34N6O. The van der Waals surface area contributed by atoms with Crippen molar-refractivity contribution in [3.8, 4) is 40.1 Å². The average molecular weight is 823 g/mol. The molecule has 0 spiro atoms. The molecule has 0 bridgehead atoms. The molecule has 0 N–H and O–H groups in total. The molecule has 298 valence electrons. The summed E-state index contributed by atoms with van der Waals surface area (Å²) >= 11 is 0. The minimum atomic E-state index is -0.345. The molecule has 0 saturated heterocycles. The predicted octanol–water partition coefficient (Wildman–Crippen LogP) is 14.4. The van der Waals surface area contributed by atoms with Gasteiger partial charge in [0.15, 0.2) is 5.82 Å². The van der Waals surface area contributed by atoms with E-state index in [4.69, 9.17) is 22.1 Å². The van der Waals surface area contributed by atoms with Crippen molar-refractivity contribution in [2.24, 2.45) is 0 Å². The Morgan fingerprint density at radius 2 is 0.812 bits per heavy atom. The number of hydrogen-bond donors (Lipinski definition) is 0. The number of benzene rings is 9. The number of para-hydroxylation sites is 7. The van der Waals surface area contributed by atoms with Crippen LogP contribution in [0.4, 0.5) is 0 Å². The number of aromatic nitrogens is 6. The zero-order valence-corrected chi connectivity index (χ0v) is 33.9. The largest absolute Gasteiger partial charge is 0.456 e. The van der Waals surface area contributed by atoms with Gasteiger partial charge in [-0.05, 0) is 65.7 Å². The first-order chi connectivity index (χ1) is 33.4. The lowest BCUT2D eigenvalue weighted by Gasteiger charge is -2.19. The molecule has 7 nitrogen and oxygen atoms in total. The van der Waals surface area contributed by atoms with Crippen LogP contribution in [-0.2, 0) is 0 Å². The van der Waals surface area contributed by atoms with Gasteiger partial charge in [-0.25, -0.2) is 0 Å². The molecule has 64 heavy (non-hydrogen) atoms. The number of nitrogens with zero attached hydrogens (tertiary/aromatic N) is 6. The van der Waals surface area contributed by atoms with E-state index in [0.29, 0.717) is 28.1 Å². The summed E-state index contributed by atoms with van der Waals surface area (Å²) in [5, 5.41) is 7.24. The molecule has 0 saturated carbocycles. The van der Waals surface area contributed by atoms with Gasteiger partial charge >= 0.3 is 0 Å². The Morgan fingerprint density at radius 3 is 1.42 bits per heavy atom. The van der Waals surface area contributed by atoms with Gasteiger partial charge in [0.1, 0.15) is 11.2 Å². The Bertz CT molecular complexity index is 4360. The lowest BCUT2D eigenvalue weighted by Crippen LogP contribution is -2.11. The maximum atomic E-state index is 9.43. The van der Waals surface area contributed by atoms with Gasteiger partial charge in [-0.3, -0.25) is 9.13 Å². The van der Waals surface area contributed by atoms with E-state index in [1.807, 2.05) is 78.9 Å². The summed E-state index contributed by atoms with van der Waals surface area (Å²) in [5.41, 5.74) is 9.58. The Hall–Kier alpha value is -8.81. The molecule has 0 radical (unpaired) electrons. The lowest BCUT2D eigenvalue weighted by molar-refractivity contribution is 0.669. The summed E-state index contributed by atoms with van der Waals surface area (Å²) in [6.07, 6.45) is 0. The van der Waals surface area contributed by atoms with E-state index in [1.165, 1.54) is 0 Å². The standard InChI is InChI=1S/C57H34N6O/c1-8-26-44-35(17-1)36-18-2-9-27-45(36)61(44)50-32-15-24-42(41-25-16-34-52-53(41)43-23-7-14-33-51(43)64-52)54(50)55-58-56(62-46-28-10-3-19-37(46)38-20-4-11-29-47(38)62)60-57(59-55)63-48-30-12-5-21-39(48)40-22-6-13-31-49(40)63/h1-34H/i3D,10D,19D,28D. The minimum Gasteiger partial charge on any atom is -0.456 e. The monoisotopic (exact) mass is 822 g/mol. The van der Waals surface area contributed by atoms with E-state index < -0.39 is 0 Å². The van der Waals surface area contributed by atoms with Gasteiger partial charge in [0.2, 0.25) is 11.9 Å². The average Bonchev–Trinajstić information content (AvgIpc) is 4.14. The van der Waals surface area contributed by atoms with Crippen molar-refractivity contribution in [1.82, 2.24) is 28.7 Å². The first-order valence-corrected chi connectivity index (χ1v) is 21.2. The Balaban J connectivity index is 1.19. The highest BCUT2D eigenvalue weighted by Gasteiger charge is 2.26. The van der Waals surface area contributed by atoms with Gasteiger partial charge < -0.3 is 8.98 Å². The Labute approximate surface area is 371 Å².